The molecule has 2 aromatic rings. The normalized spacial score (nSPS) is 22.5. The predicted octanol–water partition coefficient (Wildman–Crippen LogP) is 4.91. The number of hydrogen-bond donors (Lipinski definition) is 4. The Bertz CT molecular complexity index is 935. The maximum atomic E-state index is 12.1. The highest BCUT2D eigenvalue weighted by atomic mass is 16.3. The van der Waals surface area contributed by atoms with Gasteiger partial charge in [0.2, 0.25) is 5.91 Å². The summed E-state index contributed by atoms with van der Waals surface area (Å²) < 4.78 is 0. The van der Waals surface area contributed by atoms with E-state index in [-0.39, 0.29) is 35.3 Å². The lowest BCUT2D eigenvalue weighted by Gasteiger charge is -2.38. The summed E-state index contributed by atoms with van der Waals surface area (Å²) in [5.41, 5.74) is 3.77. The van der Waals surface area contributed by atoms with Gasteiger partial charge in [-0.1, -0.05) is 26.0 Å². The molecule has 0 aromatic heterocycles. The molecule has 0 saturated carbocycles. The number of anilines is 2. The zero-order valence-corrected chi connectivity index (χ0v) is 16.1. The van der Waals surface area contributed by atoms with Gasteiger partial charge in [-0.05, 0) is 54.2 Å². The number of carbonyl (C=O) groups excluding carboxylic acids is 1. The third-order valence-corrected chi connectivity index (χ3v) is 5.59. The molecule has 146 valence electrons. The molecule has 1 aliphatic heterocycles. The summed E-state index contributed by atoms with van der Waals surface area (Å²) in [6, 6.07) is 10.7. The first-order chi connectivity index (χ1) is 13.4. The molecule has 2 aliphatic rings. The molecule has 0 radical (unpaired) electrons. The standard InChI is InChI=1S/C23H26N2O3/c1-13(2)10-22(28)24-14-6-9-20-19(11-14)16-4-3-5-17(16)23(25-20)18-8-7-15(26)12-21(18)27/h3-4,6-9,11-13,16-17,23,25-27H,5,10H2,1-2H3,(H,24,28). The number of fused-ring (bicyclic) bond motifs is 3. The van der Waals surface area contributed by atoms with Crippen molar-refractivity contribution in [2.24, 2.45) is 11.8 Å². The summed E-state index contributed by atoms with van der Waals surface area (Å²) in [7, 11) is 0. The maximum Gasteiger partial charge on any atom is 0.224 e. The Kier molecular flexibility index (Phi) is 4.75. The molecule has 1 aliphatic carbocycles. The first-order valence-corrected chi connectivity index (χ1v) is 9.81. The molecule has 3 unspecified atom stereocenters. The second-order valence-corrected chi connectivity index (χ2v) is 8.17. The van der Waals surface area contributed by atoms with Crippen LogP contribution in [-0.2, 0) is 4.79 Å². The molecule has 0 spiro atoms. The molecule has 2 aromatic carbocycles. The van der Waals surface area contributed by atoms with Crippen LogP contribution in [0.2, 0.25) is 0 Å². The van der Waals surface area contributed by atoms with Crippen molar-refractivity contribution in [1.82, 2.24) is 0 Å². The number of phenols is 2. The van der Waals surface area contributed by atoms with Crippen molar-refractivity contribution in [1.29, 1.82) is 0 Å². The molecule has 5 heteroatoms. The number of benzene rings is 2. The Morgan fingerprint density at radius 3 is 2.75 bits per heavy atom. The van der Waals surface area contributed by atoms with E-state index in [0.717, 1.165) is 28.9 Å². The van der Waals surface area contributed by atoms with Crippen LogP contribution in [0.5, 0.6) is 11.5 Å². The van der Waals surface area contributed by atoms with Crippen molar-refractivity contribution in [3.8, 4) is 11.5 Å². The van der Waals surface area contributed by atoms with Gasteiger partial charge < -0.3 is 20.8 Å². The van der Waals surface area contributed by atoms with Gasteiger partial charge >= 0.3 is 0 Å². The first kappa shape index (κ1) is 18.4. The smallest absolute Gasteiger partial charge is 0.224 e. The van der Waals surface area contributed by atoms with Gasteiger partial charge in [-0.15, -0.1) is 0 Å². The van der Waals surface area contributed by atoms with Crippen LogP contribution >= 0.6 is 0 Å². The highest BCUT2D eigenvalue weighted by molar-refractivity contribution is 5.91. The van der Waals surface area contributed by atoms with Crippen molar-refractivity contribution in [2.45, 2.75) is 38.6 Å². The van der Waals surface area contributed by atoms with Crippen molar-refractivity contribution in [2.75, 3.05) is 10.6 Å². The molecular weight excluding hydrogens is 352 g/mol. The Hall–Kier alpha value is -2.95. The van der Waals surface area contributed by atoms with Crippen LogP contribution in [0.25, 0.3) is 0 Å². The van der Waals surface area contributed by atoms with Gasteiger partial charge in [0.25, 0.3) is 0 Å². The number of aromatic hydroxyl groups is 2. The van der Waals surface area contributed by atoms with E-state index < -0.39 is 0 Å². The number of allylic oxidation sites excluding steroid dienone is 2. The zero-order valence-electron chi connectivity index (χ0n) is 16.1. The van der Waals surface area contributed by atoms with E-state index in [1.807, 2.05) is 26.0 Å². The van der Waals surface area contributed by atoms with Gasteiger partial charge in [0.05, 0.1) is 6.04 Å². The molecular formula is C23H26N2O3. The van der Waals surface area contributed by atoms with Gasteiger partial charge in [0, 0.05) is 35.3 Å². The van der Waals surface area contributed by atoms with Crippen LogP contribution in [0.1, 0.15) is 49.8 Å². The van der Waals surface area contributed by atoms with Crippen LogP contribution < -0.4 is 10.6 Å². The molecule has 4 N–H and O–H groups in total. The van der Waals surface area contributed by atoms with Crippen molar-refractivity contribution < 1.29 is 15.0 Å². The SMILES string of the molecule is CC(C)CC(=O)Nc1ccc2c(c1)C1C=CCC1C(c1ccc(O)cc1O)N2. The quantitative estimate of drug-likeness (QED) is 0.570. The topological polar surface area (TPSA) is 81.6 Å². The van der Waals surface area contributed by atoms with Crippen molar-refractivity contribution in [3.05, 3.63) is 59.7 Å². The van der Waals surface area contributed by atoms with E-state index in [4.69, 9.17) is 0 Å². The highest BCUT2D eigenvalue weighted by Crippen LogP contribution is 2.51. The van der Waals surface area contributed by atoms with Crippen LogP contribution in [-0.4, -0.2) is 16.1 Å². The molecule has 0 fully saturated rings. The van der Waals surface area contributed by atoms with Crippen LogP contribution in [0.4, 0.5) is 11.4 Å². The molecule has 4 rings (SSSR count). The molecule has 0 bridgehead atoms. The summed E-state index contributed by atoms with van der Waals surface area (Å²) in [4.78, 5) is 12.1. The number of carbonyl (C=O) groups is 1. The number of amides is 1. The largest absolute Gasteiger partial charge is 0.508 e. The third kappa shape index (κ3) is 3.44. The summed E-state index contributed by atoms with van der Waals surface area (Å²) in [6.45, 7) is 4.06. The molecule has 28 heavy (non-hydrogen) atoms. The Balaban J connectivity index is 1.64. The second-order valence-electron chi connectivity index (χ2n) is 8.17. The van der Waals surface area contributed by atoms with E-state index in [1.54, 1.807) is 12.1 Å². The summed E-state index contributed by atoms with van der Waals surface area (Å²) in [5.74, 6) is 0.995. The van der Waals surface area contributed by atoms with Crippen molar-refractivity contribution >= 4 is 17.3 Å². The lowest BCUT2D eigenvalue weighted by molar-refractivity contribution is -0.116. The monoisotopic (exact) mass is 378 g/mol. The average molecular weight is 378 g/mol. The highest BCUT2D eigenvalue weighted by Gasteiger charge is 2.39. The summed E-state index contributed by atoms with van der Waals surface area (Å²) in [5, 5.41) is 26.5. The number of rotatable bonds is 4. The van der Waals surface area contributed by atoms with Gasteiger partial charge in [0.1, 0.15) is 11.5 Å². The van der Waals surface area contributed by atoms with E-state index >= 15 is 0 Å². The third-order valence-electron chi connectivity index (χ3n) is 5.59. The fourth-order valence-corrected chi connectivity index (χ4v) is 4.36. The fraction of sp³-hybridized carbons (Fsp3) is 0.348. The number of phenolic OH excluding ortho intramolecular Hbond substituents is 2. The number of nitrogens with one attached hydrogen (secondary N) is 2. The summed E-state index contributed by atoms with van der Waals surface area (Å²) >= 11 is 0. The van der Waals surface area contributed by atoms with Crippen LogP contribution in [0, 0.1) is 11.8 Å². The Labute approximate surface area is 165 Å². The lowest BCUT2D eigenvalue weighted by Crippen LogP contribution is -2.29. The lowest BCUT2D eigenvalue weighted by atomic mass is 9.76. The fourth-order valence-electron chi connectivity index (χ4n) is 4.36. The van der Waals surface area contributed by atoms with E-state index in [2.05, 4.69) is 28.9 Å². The predicted molar refractivity (Wildman–Crippen MR) is 111 cm³/mol. The van der Waals surface area contributed by atoms with E-state index in [0.29, 0.717) is 12.3 Å². The Morgan fingerprint density at radius 2 is 2.00 bits per heavy atom. The molecule has 0 saturated heterocycles. The van der Waals surface area contributed by atoms with E-state index in [1.165, 1.54) is 6.07 Å². The maximum absolute atomic E-state index is 12.1. The van der Waals surface area contributed by atoms with E-state index in [9.17, 15) is 15.0 Å². The van der Waals surface area contributed by atoms with Gasteiger partial charge in [0.15, 0.2) is 0 Å². The van der Waals surface area contributed by atoms with Crippen LogP contribution in [0.3, 0.4) is 0 Å². The van der Waals surface area contributed by atoms with Gasteiger partial charge in [-0.25, -0.2) is 0 Å². The van der Waals surface area contributed by atoms with Crippen molar-refractivity contribution in [3.63, 3.8) is 0 Å². The van der Waals surface area contributed by atoms with Gasteiger partial charge in [-0.2, -0.15) is 0 Å². The molecule has 1 heterocycles. The second kappa shape index (κ2) is 7.23. The average Bonchev–Trinajstić information content (AvgIpc) is 3.11. The minimum absolute atomic E-state index is 0.0316. The molecule has 3 atom stereocenters. The minimum atomic E-state index is -0.0468. The van der Waals surface area contributed by atoms with Gasteiger partial charge in [-0.3, -0.25) is 4.79 Å². The van der Waals surface area contributed by atoms with Crippen LogP contribution in [0.15, 0.2) is 48.6 Å². The molecule has 1 amide bonds. The molecule has 5 nitrogen and oxygen atoms in total. The first-order valence-electron chi connectivity index (χ1n) is 9.81. The number of hydrogen-bond acceptors (Lipinski definition) is 4. The summed E-state index contributed by atoms with van der Waals surface area (Å²) in [6.07, 6.45) is 5.81. The minimum Gasteiger partial charge on any atom is -0.508 e. The zero-order chi connectivity index (χ0) is 19.8. The Morgan fingerprint density at radius 1 is 1.18 bits per heavy atom.